The second kappa shape index (κ2) is 15.5. The Morgan fingerprint density at radius 1 is 0.966 bits per heavy atom. The molecule has 0 amide bonds. The first-order valence-corrected chi connectivity index (χ1v) is 9.36. The van der Waals surface area contributed by atoms with Gasteiger partial charge in [0.1, 0.15) is 12.4 Å². The number of ether oxygens (including phenoxy) is 2. The number of hydrogen-bond acceptors (Lipinski definition) is 5. The Bertz CT molecular complexity index is 706. The normalized spacial score (nSPS) is 10.1. The Kier molecular flexibility index (Phi) is 14.9. The maximum absolute atomic E-state index is 13.0. The first kappa shape index (κ1) is 27.7. The molecule has 2 rings (SSSR count). The fraction of sp³-hybridized carbons (Fsp3) is 0.400. The summed E-state index contributed by atoms with van der Waals surface area (Å²) < 4.78 is 24.5. The Morgan fingerprint density at radius 2 is 1.66 bits per heavy atom. The van der Waals surface area contributed by atoms with Gasteiger partial charge in [0.05, 0.1) is 18.2 Å². The first-order chi connectivity index (χ1) is 13.1. The van der Waals surface area contributed by atoms with Crippen LogP contribution in [0.3, 0.4) is 0 Å². The third kappa shape index (κ3) is 9.85. The van der Waals surface area contributed by atoms with Gasteiger partial charge < -0.3 is 25.2 Å². The minimum absolute atomic E-state index is 0. The lowest BCUT2D eigenvalue weighted by molar-refractivity contribution is 0.269. The lowest BCUT2D eigenvalue weighted by Crippen LogP contribution is -2.28. The standard InChI is InChI=1S/C20H26ClFN2O3.2ClH/c1-2-26-19-12-16(13-24-8-7-23-9-10-25)11-18(21)20(19)27-14-15-3-5-17(22)6-4-15;;/h3-6,11-12,23-25H,2,7-10,13-14H2,1H3;2*1H. The smallest absolute Gasteiger partial charge is 0.180 e. The van der Waals surface area contributed by atoms with Crippen LogP contribution in [0.4, 0.5) is 4.39 Å². The van der Waals surface area contributed by atoms with Crippen molar-refractivity contribution in [3.63, 3.8) is 0 Å². The van der Waals surface area contributed by atoms with E-state index in [0.29, 0.717) is 36.2 Å². The molecule has 5 nitrogen and oxygen atoms in total. The van der Waals surface area contributed by atoms with Crippen molar-refractivity contribution >= 4 is 36.4 Å². The van der Waals surface area contributed by atoms with Crippen molar-refractivity contribution in [2.75, 3.05) is 32.8 Å². The van der Waals surface area contributed by atoms with Crippen molar-refractivity contribution < 1.29 is 19.0 Å². The van der Waals surface area contributed by atoms with E-state index in [1.165, 1.54) is 12.1 Å². The van der Waals surface area contributed by atoms with Crippen LogP contribution < -0.4 is 20.1 Å². The number of hydrogen-bond donors (Lipinski definition) is 3. The Balaban J connectivity index is 0.00000392. The molecule has 0 spiro atoms. The molecule has 0 radical (unpaired) electrons. The molecule has 0 fully saturated rings. The second-order valence-corrected chi connectivity index (χ2v) is 6.31. The van der Waals surface area contributed by atoms with Crippen molar-refractivity contribution in [1.29, 1.82) is 0 Å². The van der Waals surface area contributed by atoms with E-state index < -0.39 is 0 Å². The molecule has 0 aliphatic carbocycles. The molecule has 0 saturated heterocycles. The maximum atomic E-state index is 13.0. The third-order valence-corrected chi connectivity index (χ3v) is 4.04. The highest BCUT2D eigenvalue weighted by molar-refractivity contribution is 6.32. The van der Waals surface area contributed by atoms with E-state index >= 15 is 0 Å². The van der Waals surface area contributed by atoms with Crippen LogP contribution >= 0.6 is 36.4 Å². The van der Waals surface area contributed by atoms with Gasteiger partial charge in [0.2, 0.25) is 0 Å². The molecule has 2 aromatic rings. The summed E-state index contributed by atoms with van der Waals surface area (Å²) in [5.74, 6) is 0.786. The van der Waals surface area contributed by atoms with E-state index in [9.17, 15) is 4.39 Å². The number of nitrogens with one attached hydrogen (secondary N) is 2. The van der Waals surface area contributed by atoms with Crippen LogP contribution in [0.25, 0.3) is 0 Å². The zero-order valence-corrected chi connectivity index (χ0v) is 18.6. The summed E-state index contributed by atoms with van der Waals surface area (Å²) in [7, 11) is 0. The molecule has 164 valence electrons. The van der Waals surface area contributed by atoms with Gasteiger partial charge in [-0.1, -0.05) is 23.7 Å². The highest BCUT2D eigenvalue weighted by Gasteiger charge is 2.13. The van der Waals surface area contributed by atoms with Crippen LogP contribution in [0.2, 0.25) is 5.02 Å². The molecule has 0 bridgehead atoms. The van der Waals surface area contributed by atoms with Gasteiger partial charge in [-0.15, -0.1) is 24.8 Å². The Hall–Kier alpha value is -1.28. The van der Waals surface area contributed by atoms with Crippen molar-refractivity contribution in [3.05, 3.63) is 58.4 Å². The molecule has 0 saturated carbocycles. The summed E-state index contributed by atoms with van der Waals surface area (Å²) in [6, 6.07) is 9.89. The Morgan fingerprint density at radius 3 is 2.31 bits per heavy atom. The third-order valence-electron chi connectivity index (χ3n) is 3.76. The quantitative estimate of drug-likeness (QED) is 0.411. The zero-order valence-electron chi connectivity index (χ0n) is 16.2. The van der Waals surface area contributed by atoms with Gasteiger partial charge in [-0.25, -0.2) is 4.39 Å². The largest absolute Gasteiger partial charge is 0.490 e. The van der Waals surface area contributed by atoms with E-state index in [0.717, 1.165) is 24.2 Å². The summed E-state index contributed by atoms with van der Waals surface area (Å²) in [5.41, 5.74) is 1.83. The molecule has 0 aliphatic rings. The lowest BCUT2D eigenvalue weighted by Gasteiger charge is -2.16. The average Bonchev–Trinajstić information content (AvgIpc) is 2.65. The van der Waals surface area contributed by atoms with E-state index in [1.54, 1.807) is 12.1 Å². The summed E-state index contributed by atoms with van der Waals surface area (Å²) in [6.45, 7) is 5.55. The van der Waals surface area contributed by atoms with Gasteiger partial charge in [-0.2, -0.15) is 0 Å². The van der Waals surface area contributed by atoms with Crippen LogP contribution in [-0.2, 0) is 13.2 Å². The molecule has 3 N–H and O–H groups in total. The first-order valence-electron chi connectivity index (χ1n) is 8.98. The minimum atomic E-state index is -0.282. The van der Waals surface area contributed by atoms with Crippen molar-refractivity contribution in [3.8, 4) is 11.5 Å². The van der Waals surface area contributed by atoms with Gasteiger partial charge in [-0.3, -0.25) is 0 Å². The number of benzene rings is 2. The van der Waals surface area contributed by atoms with Crippen LogP contribution in [0.15, 0.2) is 36.4 Å². The van der Waals surface area contributed by atoms with Gasteiger partial charge in [-0.05, 0) is 42.3 Å². The van der Waals surface area contributed by atoms with E-state index in [2.05, 4.69) is 10.6 Å². The fourth-order valence-electron chi connectivity index (χ4n) is 2.48. The second-order valence-electron chi connectivity index (χ2n) is 5.90. The van der Waals surface area contributed by atoms with Crippen molar-refractivity contribution in [1.82, 2.24) is 10.6 Å². The van der Waals surface area contributed by atoms with Gasteiger partial charge in [0, 0.05) is 26.2 Å². The molecular weight excluding hydrogens is 442 g/mol. The Labute approximate surface area is 188 Å². The number of halogens is 4. The lowest BCUT2D eigenvalue weighted by atomic mass is 10.2. The van der Waals surface area contributed by atoms with Crippen molar-refractivity contribution in [2.24, 2.45) is 0 Å². The van der Waals surface area contributed by atoms with Crippen LogP contribution in [0.5, 0.6) is 11.5 Å². The molecular formula is C20H28Cl3FN2O3. The van der Waals surface area contributed by atoms with Gasteiger partial charge >= 0.3 is 0 Å². The monoisotopic (exact) mass is 468 g/mol. The van der Waals surface area contributed by atoms with Crippen LogP contribution in [0, 0.1) is 5.82 Å². The molecule has 2 aromatic carbocycles. The molecule has 0 aromatic heterocycles. The number of aliphatic hydroxyl groups is 1. The van der Waals surface area contributed by atoms with Crippen LogP contribution in [0.1, 0.15) is 18.1 Å². The van der Waals surface area contributed by atoms with E-state index in [-0.39, 0.29) is 43.8 Å². The summed E-state index contributed by atoms with van der Waals surface area (Å²) in [6.07, 6.45) is 0. The number of rotatable bonds is 12. The molecule has 0 aliphatic heterocycles. The highest BCUT2D eigenvalue weighted by atomic mass is 35.5. The summed E-state index contributed by atoms with van der Waals surface area (Å²) in [5, 5.41) is 15.6. The molecule has 29 heavy (non-hydrogen) atoms. The molecule has 0 atom stereocenters. The minimum Gasteiger partial charge on any atom is -0.490 e. The topological polar surface area (TPSA) is 62.8 Å². The van der Waals surface area contributed by atoms with Gasteiger partial charge in [0.15, 0.2) is 11.5 Å². The van der Waals surface area contributed by atoms with Gasteiger partial charge in [0.25, 0.3) is 0 Å². The fourth-order valence-corrected chi connectivity index (χ4v) is 2.76. The predicted molar refractivity (Wildman–Crippen MR) is 120 cm³/mol. The molecule has 0 unspecified atom stereocenters. The maximum Gasteiger partial charge on any atom is 0.180 e. The number of aliphatic hydroxyl groups excluding tert-OH is 1. The van der Waals surface area contributed by atoms with E-state index in [1.807, 2.05) is 19.1 Å². The summed E-state index contributed by atoms with van der Waals surface area (Å²) >= 11 is 6.41. The summed E-state index contributed by atoms with van der Waals surface area (Å²) in [4.78, 5) is 0. The van der Waals surface area contributed by atoms with Crippen molar-refractivity contribution in [2.45, 2.75) is 20.1 Å². The molecule has 9 heteroatoms. The van der Waals surface area contributed by atoms with E-state index in [4.69, 9.17) is 26.2 Å². The van der Waals surface area contributed by atoms with Crippen LogP contribution in [-0.4, -0.2) is 38.0 Å². The average molecular weight is 470 g/mol. The zero-order chi connectivity index (χ0) is 19.5. The SMILES string of the molecule is CCOc1cc(CNCCNCCO)cc(Cl)c1OCc1ccc(F)cc1.Cl.Cl. The molecule has 0 heterocycles. The predicted octanol–water partition coefficient (Wildman–Crippen LogP) is 3.97. The highest BCUT2D eigenvalue weighted by Crippen LogP contribution is 2.37.